The van der Waals surface area contributed by atoms with E-state index in [1.807, 2.05) is 30.3 Å². The Kier molecular flexibility index (Phi) is 8.98. The zero-order valence-electron chi connectivity index (χ0n) is 19.7. The standard InChI is InChI=1S/C26H34N2O5/c1-19(26(30)27-21-12-8-5-9-13-21)28(17-20-10-6-4-7-11-20)25(29)18-33-24-15-22(31-2)14-23(16-24)32-3/h4,6-7,10-11,14-16,19,21H,5,8-9,12-13,17-18H2,1-3H3,(H,27,30). The average Bonchev–Trinajstić information content (AvgIpc) is 2.86. The van der Waals surface area contributed by atoms with Crippen molar-refractivity contribution in [2.75, 3.05) is 20.8 Å². The highest BCUT2D eigenvalue weighted by atomic mass is 16.5. The normalized spacial score (nSPS) is 14.8. The first-order valence-corrected chi connectivity index (χ1v) is 11.5. The van der Waals surface area contributed by atoms with Gasteiger partial charge in [-0.25, -0.2) is 0 Å². The Hall–Kier alpha value is -3.22. The van der Waals surface area contributed by atoms with Gasteiger partial charge in [0.05, 0.1) is 14.2 Å². The number of methoxy groups -OCH3 is 2. The van der Waals surface area contributed by atoms with Gasteiger partial charge in [0.25, 0.3) is 5.91 Å². The summed E-state index contributed by atoms with van der Waals surface area (Å²) in [6.07, 6.45) is 5.46. The van der Waals surface area contributed by atoms with Crippen LogP contribution in [0.4, 0.5) is 0 Å². The first kappa shape index (κ1) is 24.4. The van der Waals surface area contributed by atoms with Gasteiger partial charge in [0, 0.05) is 30.8 Å². The molecule has 7 nitrogen and oxygen atoms in total. The monoisotopic (exact) mass is 454 g/mol. The summed E-state index contributed by atoms with van der Waals surface area (Å²) in [7, 11) is 3.11. The minimum atomic E-state index is -0.622. The van der Waals surface area contributed by atoms with Gasteiger partial charge in [-0.15, -0.1) is 0 Å². The maximum Gasteiger partial charge on any atom is 0.261 e. The van der Waals surface area contributed by atoms with E-state index in [0.717, 1.165) is 31.2 Å². The minimum absolute atomic E-state index is 0.130. The zero-order chi connectivity index (χ0) is 23.6. The van der Waals surface area contributed by atoms with Crippen LogP contribution in [-0.4, -0.2) is 49.6 Å². The second-order valence-electron chi connectivity index (χ2n) is 8.36. The number of carbonyl (C=O) groups is 2. The Morgan fingerprint density at radius 3 is 2.18 bits per heavy atom. The van der Waals surface area contributed by atoms with Gasteiger partial charge in [-0.05, 0) is 25.3 Å². The molecule has 1 unspecified atom stereocenters. The van der Waals surface area contributed by atoms with Gasteiger partial charge in [-0.2, -0.15) is 0 Å². The van der Waals surface area contributed by atoms with E-state index in [1.165, 1.54) is 6.42 Å². The lowest BCUT2D eigenvalue weighted by atomic mass is 9.95. The fraction of sp³-hybridized carbons (Fsp3) is 0.462. The van der Waals surface area contributed by atoms with Gasteiger partial charge in [-0.3, -0.25) is 9.59 Å². The van der Waals surface area contributed by atoms with Crippen molar-refractivity contribution >= 4 is 11.8 Å². The number of hydrogen-bond acceptors (Lipinski definition) is 5. The first-order chi connectivity index (χ1) is 16.0. The van der Waals surface area contributed by atoms with Crippen LogP contribution in [0, 0.1) is 0 Å². The van der Waals surface area contributed by atoms with Crippen molar-refractivity contribution in [3.05, 3.63) is 54.1 Å². The molecule has 1 saturated carbocycles. The summed E-state index contributed by atoms with van der Waals surface area (Å²) in [6, 6.07) is 14.3. The number of nitrogens with one attached hydrogen (secondary N) is 1. The third-order valence-corrected chi connectivity index (χ3v) is 6.00. The molecule has 0 radical (unpaired) electrons. The number of nitrogens with zero attached hydrogens (tertiary/aromatic N) is 1. The van der Waals surface area contributed by atoms with Crippen LogP contribution in [0.3, 0.4) is 0 Å². The second-order valence-corrected chi connectivity index (χ2v) is 8.36. The highest BCUT2D eigenvalue weighted by Crippen LogP contribution is 2.27. The molecule has 7 heteroatoms. The molecule has 3 rings (SSSR count). The largest absolute Gasteiger partial charge is 0.496 e. The molecule has 0 spiro atoms. The topological polar surface area (TPSA) is 77.1 Å². The average molecular weight is 455 g/mol. The summed E-state index contributed by atoms with van der Waals surface area (Å²) in [4.78, 5) is 27.8. The predicted molar refractivity (Wildman–Crippen MR) is 127 cm³/mol. The first-order valence-electron chi connectivity index (χ1n) is 11.5. The summed E-state index contributed by atoms with van der Waals surface area (Å²) in [5, 5.41) is 3.14. The lowest BCUT2D eigenvalue weighted by molar-refractivity contribution is -0.142. The van der Waals surface area contributed by atoms with Crippen LogP contribution in [0.2, 0.25) is 0 Å². The fourth-order valence-corrected chi connectivity index (χ4v) is 4.02. The quantitative estimate of drug-likeness (QED) is 0.588. The number of hydrogen-bond donors (Lipinski definition) is 1. The van der Waals surface area contributed by atoms with E-state index < -0.39 is 6.04 Å². The number of benzene rings is 2. The van der Waals surface area contributed by atoms with Gasteiger partial charge in [0.15, 0.2) is 6.61 Å². The molecule has 1 N–H and O–H groups in total. The van der Waals surface area contributed by atoms with Crippen LogP contribution in [0.25, 0.3) is 0 Å². The SMILES string of the molecule is COc1cc(OC)cc(OCC(=O)N(Cc2ccccc2)C(C)C(=O)NC2CCCCC2)c1. The van der Waals surface area contributed by atoms with Crippen molar-refractivity contribution in [2.45, 2.75) is 57.7 Å². The van der Waals surface area contributed by atoms with Crippen LogP contribution in [0.1, 0.15) is 44.6 Å². The van der Waals surface area contributed by atoms with E-state index in [9.17, 15) is 9.59 Å². The summed E-state index contributed by atoms with van der Waals surface area (Å²) < 4.78 is 16.3. The van der Waals surface area contributed by atoms with Gasteiger partial charge in [-0.1, -0.05) is 49.6 Å². The molecular weight excluding hydrogens is 420 g/mol. The lowest BCUT2D eigenvalue weighted by Gasteiger charge is -2.31. The van der Waals surface area contributed by atoms with Gasteiger partial charge in [0.2, 0.25) is 5.91 Å². The second kappa shape index (κ2) is 12.1. The molecule has 1 aliphatic carbocycles. The highest BCUT2D eigenvalue weighted by Gasteiger charge is 2.28. The van der Waals surface area contributed by atoms with Crippen LogP contribution in [-0.2, 0) is 16.1 Å². The van der Waals surface area contributed by atoms with Crippen molar-refractivity contribution in [3.8, 4) is 17.2 Å². The Morgan fingerprint density at radius 2 is 1.58 bits per heavy atom. The molecule has 1 aliphatic rings. The molecule has 2 amide bonds. The summed E-state index contributed by atoms with van der Waals surface area (Å²) in [5.74, 6) is 1.19. The molecule has 0 aliphatic heterocycles. The van der Waals surface area contributed by atoms with Gasteiger partial charge in [0.1, 0.15) is 23.3 Å². The Morgan fingerprint density at radius 1 is 0.970 bits per heavy atom. The van der Waals surface area contributed by atoms with E-state index >= 15 is 0 Å². The van der Waals surface area contributed by atoms with Crippen molar-refractivity contribution in [1.82, 2.24) is 10.2 Å². The maximum absolute atomic E-state index is 13.2. The van der Waals surface area contributed by atoms with Crippen molar-refractivity contribution in [2.24, 2.45) is 0 Å². The molecule has 1 fully saturated rings. The lowest BCUT2D eigenvalue weighted by Crippen LogP contribution is -2.51. The van der Waals surface area contributed by atoms with E-state index in [0.29, 0.717) is 23.8 Å². The molecule has 2 aromatic rings. The van der Waals surface area contributed by atoms with Crippen molar-refractivity contribution in [3.63, 3.8) is 0 Å². The van der Waals surface area contributed by atoms with Gasteiger partial charge >= 0.3 is 0 Å². The molecule has 0 aromatic heterocycles. The van der Waals surface area contributed by atoms with Crippen molar-refractivity contribution in [1.29, 1.82) is 0 Å². The Balaban J connectivity index is 1.71. The molecule has 0 saturated heterocycles. The minimum Gasteiger partial charge on any atom is -0.496 e. The van der Waals surface area contributed by atoms with Gasteiger partial charge < -0.3 is 24.4 Å². The maximum atomic E-state index is 13.2. The number of carbonyl (C=O) groups excluding carboxylic acids is 2. The smallest absolute Gasteiger partial charge is 0.261 e. The van der Waals surface area contributed by atoms with Crippen LogP contribution < -0.4 is 19.5 Å². The molecule has 0 bridgehead atoms. The summed E-state index contributed by atoms with van der Waals surface area (Å²) >= 11 is 0. The van der Waals surface area contributed by atoms with E-state index in [-0.39, 0.29) is 24.5 Å². The number of amides is 2. The molecular formula is C26H34N2O5. The van der Waals surface area contributed by atoms with Crippen LogP contribution in [0.5, 0.6) is 17.2 Å². The number of rotatable bonds is 10. The third-order valence-electron chi connectivity index (χ3n) is 6.00. The fourth-order valence-electron chi connectivity index (χ4n) is 4.02. The summed E-state index contributed by atoms with van der Waals surface area (Å²) in [6.45, 7) is 1.89. The third kappa shape index (κ3) is 7.14. The highest BCUT2D eigenvalue weighted by molar-refractivity contribution is 5.88. The van der Waals surface area contributed by atoms with Crippen molar-refractivity contribution < 1.29 is 23.8 Å². The zero-order valence-corrected chi connectivity index (χ0v) is 19.7. The molecule has 33 heavy (non-hydrogen) atoms. The predicted octanol–water partition coefficient (Wildman–Crippen LogP) is 3.95. The molecule has 0 heterocycles. The molecule has 178 valence electrons. The van der Waals surface area contributed by atoms with E-state index in [1.54, 1.807) is 44.2 Å². The molecule has 1 atom stereocenters. The van der Waals surface area contributed by atoms with E-state index in [4.69, 9.17) is 14.2 Å². The summed E-state index contributed by atoms with van der Waals surface area (Å²) in [5.41, 5.74) is 0.950. The van der Waals surface area contributed by atoms with Crippen LogP contribution in [0.15, 0.2) is 48.5 Å². The Labute approximate surface area is 196 Å². The van der Waals surface area contributed by atoms with E-state index in [2.05, 4.69) is 5.32 Å². The number of ether oxygens (including phenoxy) is 3. The molecule has 2 aromatic carbocycles. The van der Waals surface area contributed by atoms with Crippen LogP contribution >= 0.6 is 0 Å². The Bertz CT molecular complexity index is 890.